The van der Waals surface area contributed by atoms with Crippen molar-refractivity contribution in [2.45, 2.75) is 19.9 Å². The van der Waals surface area contributed by atoms with Crippen LogP contribution in [0.4, 0.5) is 5.69 Å². The van der Waals surface area contributed by atoms with Crippen molar-refractivity contribution in [3.05, 3.63) is 65.2 Å². The van der Waals surface area contributed by atoms with Gasteiger partial charge in [0, 0.05) is 12.2 Å². The zero-order chi connectivity index (χ0) is 13.7. The zero-order valence-corrected chi connectivity index (χ0v) is 11.0. The van der Waals surface area contributed by atoms with Gasteiger partial charge < -0.3 is 11.1 Å². The summed E-state index contributed by atoms with van der Waals surface area (Å²) < 4.78 is 0. The molecule has 3 N–H and O–H groups in total. The van der Waals surface area contributed by atoms with Crippen molar-refractivity contribution in [3.63, 3.8) is 0 Å². The number of rotatable bonds is 4. The molecule has 0 bridgehead atoms. The van der Waals surface area contributed by atoms with Crippen LogP contribution in [0.1, 0.15) is 16.7 Å². The first kappa shape index (κ1) is 13.1. The average Bonchev–Trinajstić information content (AvgIpc) is 2.38. The number of hydrogen-bond acceptors (Lipinski definition) is 2. The smallest absolute Gasteiger partial charge is 0.224 e. The molecule has 0 atom stereocenters. The summed E-state index contributed by atoms with van der Waals surface area (Å²) in [5.41, 5.74) is 9.67. The summed E-state index contributed by atoms with van der Waals surface area (Å²) in [5.74, 6) is 0.00820. The van der Waals surface area contributed by atoms with E-state index in [0.717, 1.165) is 16.7 Å². The Balaban J connectivity index is 1.90. The van der Waals surface area contributed by atoms with Crippen LogP contribution in [0.25, 0.3) is 0 Å². The molecule has 0 saturated carbocycles. The molecule has 2 rings (SSSR count). The summed E-state index contributed by atoms with van der Waals surface area (Å²) in [4.78, 5) is 11.9. The van der Waals surface area contributed by atoms with Crippen molar-refractivity contribution in [1.29, 1.82) is 0 Å². The number of anilines is 1. The standard InChI is InChI=1S/C16H18N2O/c1-12-5-4-6-13(9-12)10-16(19)18-11-14-7-2-3-8-15(14)17/h2-9H,10-11,17H2,1H3,(H,18,19). The normalized spacial score (nSPS) is 10.2. The van der Waals surface area contributed by atoms with Crippen molar-refractivity contribution in [3.8, 4) is 0 Å². The Morgan fingerprint density at radius 1 is 1.16 bits per heavy atom. The second-order valence-corrected chi connectivity index (χ2v) is 4.64. The average molecular weight is 254 g/mol. The fourth-order valence-corrected chi connectivity index (χ4v) is 1.96. The highest BCUT2D eigenvalue weighted by Gasteiger charge is 2.04. The maximum atomic E-state index is 11.9. The van der Waals surface area contributed by atoms with Crippen LogP contribution in [0, 0.1) is 6.92 Å². The van der Waals surface area contributed by atoms with E-state index >= 15 is 0 Å². The van der Waals surface area contributed by atoms with E-state index in [9.17, 15) is 4.79 Å². The molecule has 0 unspecified atom stereocenters. The Morgan fingerprint density at radius 3 is 2.68 bits per heavy atom. The number of nitrogens with two attached hydrogens (primary N) is 1. The minimum absolute atomic E-state index is 0.00820. The fraction of sp³-hybridized carbons (Fsp3) is 0.188. The first-order chi connectivity index (χ1) is 9.15. The van der Waals surface area contributed by atoms with Gasteiger partial charge in [0.05, 0.1) is 6.42 Å². The van der Waals surface area contributed by atoms with Gasteiger partial charge in [-0.25, -0.2) is 0 Å². The quantitative estimate of drug-likeness (QED) is 0.823. The van der Waals surface area contributed by atoms with Crippen molar-refractivity contribution in [2.75, 3.05) is 5.73 Å². The minimum Gasteiger partial charge on any atom is -0.398 e. The number of aryl methyl sites for hydroxylation is 1. The molecule has 2 aromatic rings. The molecule has 98 valence electrons. The van der Waals surface area contributed by atoms with Crippen molar-refractivity contribution in [1.82, 2.24) is 5.32 Å². The lowest BCUT2D eigenvalue weighted by molar-refractivity contribution is -0.120. The largest absolute Gasteiger partial charge is 0.398 e. The molecular formula is C16H18N2O. The summed E-state index contributed by atoms with van der Waals surface area (Å²) >= 11 is 0. The Morgan fingerprint density at radius 2 is 1.95 bits per heavy atom. The first-order valence-corrected chi connectivity index (χ1v) is 6.31. The predicted octanol–water partition coefficient (Wildman–Crippen LogP) is 2.44. The van der Waals surface area contributed by atoms with Crippen LogP contribution in [0.3, 0.4) is 0 Å². The predicted molar refractivity (Wildman–Crippen MR) is 77.6 cm³/mol. The molecule has 0 heterocycles. The van der Waals surface area contributed by atoms with Crippen LogP contribution >= 0.6 is 0 Å². The van der Waals surface area contributed by atoms with E-state index in [0.29, 0.717) is 18.7 Å². The SMILES string of the molecule is Cc1cccc(CC(=O)NCc2ccccc2N)c1. The summed E-state index contributed by atoms with van der Waals surface area (Å²) in [7, 11) is 0. The van der Waals surface area contributed by atoms with E-state index in [-0.39, 0.29) is 5.91 Å². The number of carbonyl (C=O) groups is 1. The summed E-state index contributed by atoms with van der Waals surface area (Å²) in [6, 6.07) is 15.5. The number of benzene rings is 2. The highest BCUT2D eigenvalue weighted by Crippen LogP contribution is 2.10. The van der Waals surface area contributed by atoms with Crippen LogP contribution in [0.5, 0.6) is 0 Å². The Bertz CT molecular complexity index is 578. The lowest BCUT2D eigenvalue weighted by atomic mass is 10.1. The molecule has 0 radical (unpaired) electrons. The maximum Gasteiger partial charge on any atom is 0.224 e. The van der Waals surface area contributed by atoms with E-state index in [4.69, 9.17) is 5.73 Å². The monoisotopic (exact) mass is 254 g/mol. The number of carbonyl (C=O) groups excluding carboxylic acids is 1. The fourth-order valence-electron chi connectivity index (χ4n) is 1.96. The third kappa shape index (κ3) is 3.85. The molecule has 3 nitrogen and oxygen atoms in total. The second-order valence-electron chi connectivity index (χ2n) is 4.64. The molecule has 0 fully saturated rings. The van der Waals surface area contributed by atoms with Crippen LogP contribution in [0.15, 0.2) is 48.5 Å². The molecule has 1 amide bonds. The molecule has 19 heavy (non-hydrogen) atoms. The Labute approximate surface area is 113 Å². The first-order valence-electron chi connectivity index (χ1n) is 6.31. The third-order valence-electron chi connectivity index (χ3n) is 2.98. The molecule has 0 aliphatic rings. The van der Waals surface area contributed by atoms with Crippen LogP contribution in [-0.4, -0.2) is 5.91 Å². The summed E-state index contributed by atoms with van der Waals surface area (Å²) in [6.45, 7) is 2.49. The van der Waals surface area contributed by atoms with Gasteiger partial charge in [-0.05, 0) is 24.1 Å². The topological polar surface area (TPSA) is 55.1 Å². The van der Waals surface area contributed by atoms with Crippen molar-refractivity contribution in [2.24, 2.45) is 0 Å². The van der Waals surface area contributed by atoms with E-state index < -0.39 is 0 Å². The molecule has 0 aliphatic carbocycles. The second kappa shape index (κ2) is 6.05. The highest BCUT2D eigenvalue weighted by atomic mass is 16.1. The number of amides is 1. The van der Waals surface area contributed by atoms with Crippen LogP contribution < -0.4 is 11.1 Å². The van der Waals surface area contributed by atoms with E-state index in [2.05, 4.69) is 5.32 Å². The van der Waals surface area contributed by atoms with Gasteiger partial charge in [-0.2, -0.15) is 0 Å². The number of para-hydroxylation sites is 1. The lowest BCUT2D eigenvalue weighted by Gasteiger charge is -2.08. The number of hydrogen-bond donors (Lipinski definition) is 2. The van der Waals surface area contributed by atoms with Gasteiger partial charge >= 0.3 is 0 Å². The zero-order valence-electron chi connectivity index (χ0n) is 11.0. The van der Waals surface area contributed by atoms with Crippen molar-refractivity contribution >= 4 is 11.6 Å². The number of nitrogen functional groups attached to an aromatic ring is 1. The molecule has 0 spiro atoms. The molecule has 0 aromatic heterocycles. The molecule has 0 aliphatic heterocycles. The van der Waals surface area contributed by atoms with E-state index in [1.54, 1.807) is 0 Å². The van der Waals surface area contributed by atoms with Gasteiger partial charge in [0.1, 0.15) is 0 Å². The van der Waals surface area contributed by atoms with Crippen LogP contribution in [0.2, 0.25) is 0 Å². The van der Waals surface area contributed by atoms with Crippen molar-refractivity contribution < 1.29 is 4.79 Å². The van der Waals surface area contributed by atoms with Gasteiger partial charge in [-0.1, -0.05) is 48.0 Å². The molecule has 3 heteroatoms. The Kier molecular flexibility index (Phi) is 4.18. The summed E-state index contributed by atoms with van der Waals surface area (Å²) in [6.07, 6.45) is 0.397. The van der Waals surface area contributed by atoms with Gasteiger partial charge in [0.2, 0.25) is 5.91 Å². The van der Waals surface area contributed by atoms with Crippen LogP contribution in [-0.2, 0) is 17.8 Å². The van der Waals surface area contributed by atoms with E-state index in [1.807, 2.05) is 55.5 Å². The van der Waals surface area contributed by atoms with Gasteiger partial charge in [-0.3, -0.25) is 4.79 Å². The molecule has 2 aromatic carbocycles. The molecule has 0 saturated heterocycles. The minimum atomic E-state index is 0.00820. The van der Waals surface area contributed by atoms with Gasteiger partial charge in [-0.15, -0.1) is 0 Å². The summed E-state index contributed by atoms with van der Waals surface area (Å²) in [5, 5.41) is 2.89. The maximum absolute atomic E-state index is 11.9. The number of nitrogens with one attached hydrogen (secondary N) is 1. The third-order valence-corrected chi connectivity index (χ3v) is 2.98. The highest BCUT2D eigenvalue weighted by molar-refractivity contribution is 5.78. The van der Waals surface area contributed by atoms with E-state index in [1.165, 1.54) is 0 Å². The molecular weight excluding hydrogens is 236 g/mol. The van der Waals surface area contributed by atoms with Gasteiger partial charge in [0.25, 0.3) is 0 Å². The van der Waals surface area contributed by atoms with Gasteiger partial charge in [0.15, 0.2) is 0 Å². The Hall–Kier alpha value is -2.29. The lowest BCUT2D eigenvalue weighted by Crippen LogP contribution is -2.25.